The predicted molar refractivity (Wildman–Crippen MR) is 58.4 cm³/mol. The molecule has 78 valence electrons. The van der Waals surface area contributed by atoms with Crippen LogP contribution < -0.4 is 0 Å². The summed E-state index contributed by atoms with van der Waals surface area (Å²) in [7, 11) is 0. The molecule has 1 fully saturated rings. The van der Waals surface area contributed by atoms with E-state index in [0.717, 1.165) is 12.8 Å². The summed E-state index contributed by atoms with van der Waals surface area (Å²) in [5.74, 6) is 7.04. The van der Waals surface area contributed by atoms with Crippen molar-refractivity contribution in [3.63, 3.8) is 0 Å². The van der Waals surface area contributed by atoms with Crippen LogP contribution in [-0.2, 0) is 8.56 Å². The van der Waals surface area contributed by atoms with E-state index in [2.05, 4.69) is 29.4 Å². The molecule has 0 spiro atoms. The molecular weight excluding hydrogens is 237 g/mol. The molecule has 0 N–H and O–H groups in total. The fraction of sp³-hybridized carbons (Fsp3) is 0.727. The Hall–Kier alpha value is -0.247. The molecule has 0 aliphatic heterocycles. The number of hydrogen-bond acceptors (Lipinski definition) is 2. The minimum absolute atomic E-state index is 0.0567. The summed E-state index contributed by atoms with van der Waals surface area (Å²) in [6, 6.07) is 0. The first-order valence-electron chi connectivity index (χ1n) is 5.34. The molecule has 0 heterocycles. The van der Waals surface area contributed by atoms with Crippen LogP contribution in [0.4, 0.5) is 0 Å². The van der Waals surface area contributed by atoms with E-state index in [1.807, 2.05) is 0 Å². The van der Waals surface area contributed by atoms with Crippen LogP contribution in [0, 0.1) is 11.3 Å². The molecule has 0 amide bonds. The molecule has 3 heteroatoms. The van der Waals surface area contributed by atoms with Crippen LogP contribution >= 0.6 is 0 Å². The van der Waals surface area contributed by atoms with Crippen LogP contribution in [0.25, 0.3) is 0 Å². The Morgan fingerprint density at radius 1 is 1.50 bits per heavy atom. The Labute approximate surface area is 88.4 Å². The third kappa shape index (κ3) is 1.76. The Morgan fingerprint density at radius 2 is 2.21 bits per heavy atom. The zero-order valence-corrected chi connectivity index (χ0v) is 11.3. The standard InChI is InChI=1S/C11H18GeO2/c1-12(2,3)14-10(13)11-6-4-9(8-11)5-7-11/h4,6,9H,5,7-8H2,1-3H3. The second kappa shape index (κ2) is 3.12. The molecule has 0 saturated heterocycles. The van der Waals surface area contributed by atoms with E-state index in [4.69, 9.17) is 3.76 Å². The van der Waals surface area contributed by atoms with Gasteiger partial charge in [-0.25, -0.2) is 0 Å². The molecule has 14 heavy (non-hydrogen) atoms. The second-order valence-electron chi connectivity index (χ2n) is 5.52. The van der Waals surface area contributed by atoms with Crippen molar-refractivity contribution >= 4 is 19.6 Å². The van der Waals surface area contributed by atoms with Crippen LogP contribution in [0.5, 0.6) is 0 Å². The Morgan fingerprint density at radius 3 is 2.57 bits per heavy atom. The predicted octanol–water partition coefficient (Wildman–Crippen LogP) is 2.72. The maximum atomic E-state index is 12.0. The molecule has 2 atom stereocenters. The first-order chi connectivity index (χ1) is 6.41. The van der Waals surface area contributed by atoms with Gasteiger partial charge in [-0.1, -0.05) is 0 Å². The summed E-state index contributed by atoms with van der Waals surface area (Å²) in [5, 5.41) is 0. The van der Waals surface area contributed by atoms with E-state index in [1.54, 1.807) is 0 Å². The molecule has 2 aliphatic rings. The molecule has 2 aliphatic carbocycles. The Balaban J connectivity index is 2.09. The molecule has 0 radical (unpaired) electrons. The van der Waals surface area contributed by atoms with Gasteiger partial charge in [0.15, 0.2) is 0 Å². The minimum atomic E-state index is -2.19. The number of allylic oxidation sites excluding steroid dienone is 1. The molecule has 0 aromatic heterocycles. The molecule has 2 rings (SSSR count). The van der Waals surface area contributed by atoms with Crippen molar-refractivity contribution in [1.29, 1.82) is 0 Å². The topological polar surface area (TPSA) is 26.3 Å². The van der Waals surface area contributed by atoms with Gasteiger partial charge in [-0.2, -0.15) is 0 Å². The number of carbonyl (C=O) groups excluding carboxylic acids is 1. The van der Waals surface area contributed by atoms with E-state index in [1.165, 1.54) is 6.42 Å². The first-order valence-corrected chi connectivity index (χ1v) is 12.5. The maximum absolute atomic E-state index is 12.0. The van der Waals surface area contributed by atoms with E-state index < -0.39 is 13.6 Å². The average molecular weight is 255 g/mol. The molecule has 2 bridgehead atoms. The van der Waals surface area contributed by atoms with Gasteiger partial charge >= 0.3 is 88.1 Å². The molecule has 1 saturated carbocycles. The van der Waals surface area contributed by atoms with E-state index in [0.29, 0.717) is 5.92 Å². The van der Waals surface area contributed by atoms with Crippen molar-refractivity contribution in [3.8, 4) is 0 Å². The van der Waals surface area contributed by atoms with E-state index >= 15 is 0 Å². The van der Waals surface area contributed by atoms with Crippen LogP contribution in [0.15, 0.2) is 12.2 Å². The van der Waals surface area contributed by atoms with Crippen molar-refractivity contribution in [2.24, 2.45) is 11.3 Å². The van der Waals surface area contributed by atoms with Gasteiger partial charge in [-0.15, -0.1) is 0 Å². The van der Waals surface area contributed by atoms with Crippen LogP contribution in [0.2, 0.25) is 17.3 Å². The fourth-order valence-corrected chi connectivity index (χ4v) is 3.98. The normalized spacial score (nSPS) is 34.9. The van der Waals surface area contributed by atoms with Crippen molar-refractivity contribution < 1.29 is 8.56 Å². The number of rotatable bonds is 2. The molecule has 2 unspecified atom stereocenters. The zero-order valence-electron chi connectivity index (χ0n) is 9.17. The summed E-state index contributed by atoms with van der Waals surface area (Å²) in [5.41, 5.74) is -0.219. The van der Waals surface area contributed by atoms with Gasteiger partial charge < -0.3 is 0 Å². The number of fused-ring (bicyclic) bond motifs is 2. The van der Waals surface area contributed by atoms with Crippen molar-refractivity contribution in [2.75, 3.05) is 0 Å². The van der Waals surface area contributed by atoms with Gasteiger partial charge in [-0.05, 0) is 0 Å². The van der Waals surface area contributed by atoms with Crippen LogP contribution in [-0.4, -0.2) is 19.6 Å². The molecular formula is C11H18GeO2. The van der Waals surface area contributed by atoms with E-state index in [9.17, 15) is 4.79 Å². The molecule has 0 aromatic rings. The number of carbonyl (C=O) groups is 1. The summed E-state index contributed by atoms with van der Waals surface area (Å²) < 4.78 is 5.64. The van der Waals surface area contributed by atoms with Crippen molar-refractivity contribution in [3.05, 3.63) is 12.2 Å². The van der Waals surface area contributed by atoms with Gasteiger partial charge in [0.1, 0.15) is 0 Å². The second-order valence-corrected chi connectivity index (χ2v) is 14.8. The van der Waals surface area contributed by atoms with Crippen molar-refractivity contribution in [1.82, 2.24) is 0 Å². The fourth-order valence-electron chi connectivity index (χ4n) is 2.38. The van der Waals surface area contributed by atoms with E-state index in [-0.39, 0.29) is 11.4 Å². The molecule has 2 nitrogen and oxygen atoms in total. The Kier molecular flexibility index (Phi) is 2.29. The summed E-state index contributed by atoms with van der Waals surface area (Å²) in [4.78, 5) is 12.0. The van der Waals surface area contributed by atoms with Gasteiger partial charge in [0.2, 0.25) is 0 Å². The number of hydrogen-bond donors (Lipinski definition) is 0. The summed E-state index contributed by atoms with van der Waals surface area (Å²) in [6.07, 6.45) is 7.47. The summed E-state index contributed by atoms with van der Waals surface area (Å²) in [6.45, 7) is 0. The van der Waals surface area contributed by atoms with Gasteiger partial charge in [0.05, 0.1) is 0 Å². The van der Waals surface area contributed by atoms with Crippen molar-refractivity contribution in [2.45, 2.75) is 36.5 Å². The van der Waals surface area contributed by atoms with Gasteiger partial charge in [0, 0.05) is 0 Å². The Bertz CT molecular complexity index is 290. The monoisotopic (exact) mass is 256 g/mol. The van der Waals surface area contributed by atoms with Gasteiger partial charge in [0.25, 0.3) is 0 Å². The van der Waals surface area contributed by atoms with Crippen LogP contribution in [0.1, 0.15) is 19.3 Å². The average Bonchev–Trinajstić information content (AvgIpc) is 2.60. The zero-order chi connectivity index (χ0) is 10.4. The van der Waals surface area contributed by atoms with Crippen LogP contribution in [0.3, 0.4) is 0 Å². The SMILES string of the molecule is [CH3][Ge]([CH3])([CH3])[O]C(=O)C12C=CC(CC1)C2. The third-order valence-corrected chi connectivity index (χ3v) is 4.75. The van der Waals surface area contributed by atoms with Gasteiger partial charge in [-0.3, -0.25) is 0 Å². The third-order valence-electron chi connectivity index (χ3n) is 3.08. The quantitative estimate of drug-likeness (QED) is 0.560. The first kappa shape index (κ1) is 10.3. The summed E-state index contributed by atoms with van der Waals surface area (Å²) >= 11 is -2.19. The molecule has 0 aromatic carbocycles.